The van der Waals surface area contributed by atoms with Crippen LogP contribution in [-0.2, 0) is 6.42 Å². The number of aromatic nitrogens is 2. The van der Waals surface area contributed by atoms with Gasteiger partial charge in [-0.05, 0) is 45.0 Å². The molecule has 3 rings (SSSR count). The Morgan fingerprint density at radius 2 is 2.23 bits per heavy atom. The predicted octanol–water partition coefficient (Wildman–Crippen LogP) is 3.55. The number of hydrogen-bond acceptors (Lipinski definition) is 5. The zero-order valence-corrected chi connectivity index (χ0v) is 16.3. The first-order valence-corrected chi connectivity index (χ1v) is 9.47. The van der Waals surface area contributed by atoms with Gasteiger partial charge in [-0.15, -0.1) is 0 Å². The second-order valence-corrected chi connectivity index (χ2v) is 7.48. The molecular weight excluding hydrogens is 375 g/mol. The summed E-state index contributed by atoms with van der Waals surface area (Å²) in [6.07, 6.45) is 2.52. The van der Waals surface area contributed by atoms with Crippen molar-refractivity contribution < 1.29 is 9.32 Å². The van der Waals surface area contributed by atoms with Gasteiger partial charge in [0.15, 0.2) is 5.82 Å². The number of hydrogen-bond donors (Lipinski definition) is 1. The minimum absolute atomic E-state index is 0.0570. The summed E-state index contributed by atoms with van der Waals surface area (Å²) in [5.41, 5.74) is 0.536. The second-order valence-electron chi connectivity index (χ2n) is 6.66. The third-order valence-electron chi connectivity index (χ3n) is 4.69. The topological polar surface area (TPSA) is 71.3 Å². The van der Waals surface area contributed by atoms with E-state index in [1.165, 1.54) is 0 Å². The van der Waals surface area contributed by atoms with E-state index in [1.54, 1.807) is 18.2 Å². The Morgan fingerprint density at radius 3 is 2.96 bits per heavy atom. The van der Waals surface area contributed by atoms with Gasteiger partial charge in [0, 0.05) is 31.1 Å². The van der Waals surface area contributed by atoms with Crippen molar-refractivity contribution in [3.63, 3.8) is 0 Å². The first kappa shape index (κ1) is 19.1. The highest BCUT2D eigenvalue weighted by atomic mass is 35.5. The molecule has 1 aromatic heterocycles. The van der Waals surface area contributed by atoms with Gasteiger partial charge in [0.1, 0.15) is 0 Å². The molecule has 2 aromatic rings. The van der Waals surface area contributed by atoms with Crippen molar-refractivity contribution in [1.82, 2.24) is 20.4 Å². The molecular formula is C18H22Cl2N4O2. The smallest absolute Gasteiger partial charge is 0.253 e. The van der Waals surface area contributed by atoms with E-state index >= 15 is 0 Å². The Labute approximate surface area is 162 Å². The summed E-state index contributed by atoms with van der Waals surface area (Å²) in [6.45, 7) is 3.32. The van der Waals surface area contributed by atoms with E-state index in [4.69, 9.17) is 27.7 Å². The highest BCUT2D eigenvalue weighted by Crippen LogP contribution is 2.28. The molecule has 1 fully saturated rings. The van der Waals surface area contributed by atoms with Crippen molar-refractivity contribution >= 4 is 29.1 Å². The number of nitrogens with zero attached hydrogens (tertiary/aromatic N) is 3. The summed E-state index contributed by atoms with van der Waals surface area (Å²) < 4.78 is 5.45. The van der Waals surface area contributed by atoms with Gasteiger partial charge in [-0.25, -0.2) is 0 Å². The zero-order valence-electron chi connectivity index (χ0n) is 14.8. The van der Waals surface area contributed by atoms with Gasteiger partial charge in [-0.1, -0.05) is 28.4 Å². The number of likely N-dealkylation sites (tertiary alicyclic amines) is 1. The average Bonchev–Trinajstić information content (AvgIpc) is 3.12. The number of nitrogens with one attached hydrogen (secondary N) is 1. The summed E-state index contributed by atoms with van der Waals surface area (Å²) >= 11 is 12.0. The number of piperidine rings is 1. The lowest BCUT2D eigenvalue weighted by Crippen LogP contribution is -2.39. The molecule has 1 aliphatic rings. The fraction of sp³-hybridized carbons (Fsp3) is 0.500. The lowest BCUT2D eigenvalue weighted by Gasteiger charge is -2.31. The van der Waals surface area contributed by atoms with E-state index in [0.717, 1.165) is 12.8 Å². The summed E-state index contributed by atoms with van der Waals surface area (Å²) in [5.74, 6) is 1.29. The molecule has 140 valence electrons. The van der Waals surface area contributed by atoms with Gasteiger partial charge in [-0.3, -0.25) is 4.79 Å². The standard InChI is InChI=1S/C18H22Cl2N4O2/c1-11(21-2)8-16-22-17(26-23-16)13-4-3-7-24(10-13)18(25)12-5-6-14(19)15(20)9-12/h5-6,9,11,13,21H,3-4,7-8,10H2,1-2H3. The molecule has 6 nitrogen and oxygen atoms in total. The summed E-state index contributed by atoms with van der Waals surface area (Å²) in [5, 5.41) is 8.04. The molecule has 1 N–H and O–H groups in total. The Bertz CT molecular complexity index is 780. The zero-order chi connectivity index (χ0) is 18.7. The molecule has 0 radical (unpaired) electrons. The molecule has 1 aromatic carbocycles. The fourth-order valence-corrected chi connectivity index (χ4v) is 3.37. The number of carbonyl (C=O) groups excluding carboxylic acids is 1. The quantitative estimate of drug-likeness (QED) is 0.836. The third kappa shape index (κ3) is 4.37. The van der Waals surface area contributed by atoms with Gasteiger partial charge in [-0.2, -0.15) is 4.98 Å². The van der Waals surface area contributed by atoms with E-state index in [0.29, 0.717) is 46.8 Å². The number of halogens is 2. The highest BCUT2D eigenvalue weighted by Gasteiger charge is 2.29. The number of amides is 1. The first-order valence-electron chi connectivity index (χ1n) is 8.72. The Kier molecular flexibility index (Phi) is 6.16. The van der Waals surface area contributed by atoms with E-state index in [9.17, 15) is 4.79 Å². The lowest BCUT2D eigenvalue weighted by atomic mass is 9.97. The molecule has 26 heavy (non-hydrogen) atoms. The summed E-state index contributed by atoms with van der Waals surface area (Å²) in [6, 6.07) is 5.23. The molecule has 0 spiro atoms. The van der Waals surface area contributed by atoms with E-state index in [2.05, 4.69) is 22.4 Å². The van der Waals surface area contributed by atoms with Crippen LogP contribution in [-0.4, -0.2) is 47.1 Å². The molecule has 2 heterocycles. The van der Waals surface area contributed by atoms with Crippen LogP contribution < -0.4 is 5.32 Å². The number of likely N-dealkylation sites (N-methyl/N-ethyl adjacent to an activating group) is 1. The van der Waals surface area contributed by atoms with Gasteiger partial charge < -0.3 is 14.7 Å². The van der Waals surface area contributed by atoms with Crippen molar-refractivity contribution in [3.05, 3.63) is 45.5 Å². The maximum Gasteiger partial charge on any atom is 0.253 e. The molecule has 0 saturated carbocycles. The van der Waals surface area contributed by atoms with Crippen LogP contribution in [0.4, 0.5) is 0 Å². The minimum atomic E-state index is -0.0585. The van der Waals surface area contributed by atoms with Crippen LogP contribution in [0.5, 0.6) is 0 Å². The van der Waals surface area contributed by atoms with Crippen molar-refractivity contribution in [3.8, 4) is 0 Å². The Balaban J connectivity index is 1.69. The minimum Gasteiger partial charge on any atom is -0.339 e. The number of carbonyl (C=O) groups is 1. The number of rotatable bonds is 5. The van der Waals surface area contributed by atoms with Crippen LogP contribution in [0.3, 0.4) is 0 Å². The molecule has 0 aliphatic carbocycles. The van der Waals surface area contributed by atoms with Crippen molar-refractivity contribution in [2.45, 2.75) is 38.1 Å². The van der Waals surface area contributed by atoms with E-state index < -0.39 is 0 Å². The summed E-state index contributed by atoms with van der Waals surface area (Å²) in [7, 11) is 1.90. The predicted molar refractivity (Wildman–Crippen MR) is 101 cm³/mol. The number of benzene rings is 1. The molecule has 2 atom stereocenters. The van der Waals surface area contributed by atoms with Crippen LogP contribution in [0.1, 0.15) is 47.8 Å². The van der Waals surface area contributed by atoms with Crippen molar-refractivity contribution in [2.24, 2.45) is 0 Å². The van der Waals surface area contributed by atoms with Crippen LogP contribution in [0.25, 0.3) is 0 Å². The summed E-state index contributed by atoms with van der Waals surface area (Å²) in [4.78, 5) is 19.1. The molecule has 1 aliphatic heterocycles. The lowest BCUT2D eigenvalue weighted by molar-refractivity contribution is 0.0695. The van der Waals surface area contributed by atoms with Crippen molar-refractivity contribution in [2.75, 3.05) is 20.1 Å². The van der Waals surface area contributed by atoms with Crippen LogP contribution in [0.15, 0.2) is 22.7 Å². The maximum absolute atomic E-state index is 12.8. The van der Waals surface area contributed by atoms with Crippen LogP contribution in [0.2, 0.25) is 10.0 Å². The maximum atomic E-state index is 12.8. The molecule has 1 saturated heterocycles. The SMILES string of the molecule is CNC(C)Cc1noc(C2CCCN(C(=O)c3ccc(Cl)c(Cl)c3)C2)n1. The average molecular weight is 397 g/mol. The molecule has 0 bridgehead atoms. The molecule has 2 unspecified atom stereocenters. The molecule has 1 amide bonds. The van der Waals surface area contributed by atoms with Crippen LogP contribution >= 0.6 is 23.2 Å². The van der Waals surface area contributed by atoms with E-state index in [1.807, 2.05) is 11.9 Å². The monoisotopic (exact) mass is 396 g/mol. The van der Waals surface area contributed by atoms with Gasteiger partial charge in [0.25, 0.3) is 5.91 Å². The second kappa shape index (κ2) is 8.37. The first-order chi connectivity index (χ1) is 12.5. The largest absolute Gasteiger partial charge is 0.339 e. The van der Waals surface area contributed by atoms with Crippen molar-refractivity contribution in [1.29, 1.82) is 0 Å². The van der Waals surface area contributed by atoms with Gasteiger partial charge in [0.2, 0.25) is 5.89 Å². The molecule has 8 heteroatoms. The Hall–Kier alpha value is -1.63. The van der Waals surface area contributed by atoms with Crippen LogP contribution in [0, 0.1) is 0 Å². The fourth-order valence-electron chi connectivity index (χ4n) is 3.07. The van der Waals surface area contributed by atoms with Gasteiger partial charge in [0.05, 0.1) is 16.0 Å². The van der Waals surface area contributed by atoms with Gasteiger partial charge >= 0.3 is 0 Å². The van der Waals surface area contributed by atoms with E-state index in [-0.39, 0.29) is 17.9 Å². The highest BCUT2D eigenvalue weighted by molar-refractivity contribution is 6.42. The third-order valence-corrected chi connectivity index (χ3v) is 5.43. The normalized spacial score (nSPS) is 18.8. The Morgan fingerprint density at radius 1 is 1.42 bits per heavy atom.